The van der Waals surface area contributed by atoms with Crippen LogP contribution in [0.5, 0.6) is 0 Å². The molecule has 0 unspecified atom stereocenters. The number of carbonyl (C=O) groups excluding carboxylic acids is 1. The molecule has 1 aromatic carbocycles. The number of carboxylic acids is 1. The van der Waals surface area contributed by atoms with Gasteiger partial charge in [-0.3, -0.25) is 4.79 Å². The van der Waals surface area contributed by atoms with Gasteiger partial charge in [0, 0.05) is 21.5 Å². The summed E-state index contributed by atoms with van der Waals surface area (Å²) >= 11 is 3.35. The summed E-state index contributed by atoms with van der Waals surface area (Å²) in [5.74, 6) is -0.299. The van der Waals surface area contributed by atoms with E-state index in [1.54, 1.807) is 0 Å². The van der Waals surface area contributed by atoms with Crippen LogP contribution in [-0.2, 0) is 11.2 Å². The van der Waals surface area contributed by atoms with E-state index in [4.69, 9.17) is 0 Å². The van der Waals surface area contributed by atoms with Crippen molar-refractivity contribution in [2.45, 2.75) is 52.9 Å². The third-order valence-corrected chi connectivity index (χ3v) is 4.82. The maximum atomic E-state index is 11.2. The number of carbonyl (C=O) groups is 2. The molecule has 1 amide bonds. The predicted octanol–water partition coefficient (Wildman–Crippen LogP) is 5.21. The molecule has 3 N–H and O–H groups in total. The summed E-state index contributed by atoms with van der Waals surface area (Å²) in [6.07, 6.45) is 0.509. The van der Waals surface area contributed by atoms with Crippen LogP contribution in [-0.4, -0.2) is 22.0 Å². The molecule has 0 aliphatic carbocycles. The second-order valence-corrected chi connectivity index (χ2v) is 8.01. The molecule has 0 fully saturated rings. The molecular weight excluding hydrogens is 396 g/mol. The van der Waals surface area contributed by atoms with Crippen molar-refractivity contribution in [3.05, 3.63) is 50.8 Å². The Balaban J connectivity index is 0.000000195. The Kier molecular flexibility index (Phi) is 6.29. The van der Waals surface area contributed by atoms with Gasteiger partial charge in [-0.15, -0.1) is 0 Å². The number of rotatable bonds is 3. The van der Waals surface area contributed by atoms with Crippen molar-refractivity contribution in [3.8, 4) is 0 Å². The van der Waals surface area contributed by atoms with Gasteiger partial charge in [0.2, 0.25) is 5.91 Å². The molecule has 5 nitrogen and oxygen atoms in total. The van der Waals surface area contributed by atoms with E-state index in [0.29, 0.717) is 12.0 Å². The van der Waals surface area contributed by atoms with E-state index in [9.17, 15) is 14.7 Å². The lowest BCUT2D eigenvalue weighted by atomic mass is 9.95. The zero-order chi connectivity index (χ0) is 19.6. The number of carboxylic acid groups (broad SMARTS) is 1. The summed E-state index contributed by atoms with van der Waals surface area (Å²) in [4.78, 5) is 25.3. The number of aromatic amines is 1. The number of benzene rings is 1. The van der Waals surface area contributed by atoms with E-state index < -0.39 is 5.97 Å². The van der Waals surface area contributed by atoms with E-state index in [2.05, 4.69) is 26.2 Å². The molecule has 0 saturated carbocycles. The zero-order valence-corrected chi connectivity index (χ0v) is 17.3. The first kappa shape index (κ1) is 20.2. The van der Waals surface area contributed by atoms with Gasteiger partial charge in [-0.05, 0) is 48.1 Å². The number of fused-ring (bicyclic) bond motifs is 1. The summed E-state index contributed by atoms with van der Waals surface area (Å²) < 4.78 is 1.02. The molecule has 0 radical (unpaired) electrons. The highest BCUT2D eigenvalue weighted by Gasteiger charge is 2.23. The van der Waals surface area contributed by atoms with Crippen molar-refractivity contribution >= 4 is 33.5 Å². The smallest absolute Gasteiger partial charge is 0.337 e. The fraction of sp³-hybridized carbons (Fsp3) is 0.400. The highest BCUT2D eigenvalue weighted by Crippen LogP contribution is 2.30. The number of aromatic carboxylic acids is 1. The quantitative estimate of drug-likeness (QED) is 0.636. The number of aryl methyl sites for hydroxylation is 1. The number of H-pyrrole nitrogens is 1. The Morgan fingerprint density at radius 2 is 1.85 bits per heavy atom. The Morgan fingerprint density at radius 1 is 1.19 bits per heavy atom. The molecule has 2 heterocycles. The number of halogens is 1. The largest absolute Gasteiger partial charge is 0.478 e. The summed E-state index contributed by atoms with van der Waals surface area (Å²) in [5, 5.41) is 12.0. The molecule has 2 aromatic rings. The van der Waals surface area contributed by atoms with Crippen molar-refractivity contribution in [3.63, 3.8) is 0 Å². The predicted molar refractivity (Wildman–Crippen MR) is 107 cm³/mol. The lowest BCUT2D eigenvalue weighted by molar-refractivity contribution is -0.115. The topological polar surface area (TPSA) is 82.2 Å². The molecule has 0 saturated heterocycles. The molecule has 1 aliphatic heterocycles. The van der Waals surface area contributed by atoms with E-state index >= 15 is 0 Å². The molecule has 0 atom stereocenters. The highest BCUT2D eigenvalue weighted by molar-refractivity contribution is 9.10. The van der Waals surface area contributed by atoms with Crippen LogP contribution in [0.1, 0.15) is 72.4 Å². The SMILES string of the molecule is Cc1[nH]c(C(C)C)c(C(=O)O)c1C(C)C.O=C1Cc2cc(Br)ccc2N1. The molecule has 1 aromatic heterocycles. The van der Waals surface area contributed by atoms with E-state index in [1.165, 1.54) is 0 Å². The van der Waals surface area contributed by atoms with Gasteiger partial charge in [-0.1, -0.05) is 43.6 Å². The number of hydrogen-bond acceptors (Lipinski definition) is 2. The molecule has 0 bridgehead atoms. The van der Waals surface area contributed by atoms with E-state index in [-0.39, 0.29) is 17.7 Å². The summed E-state index contributed by atoms with van der Waals surface area (Å²) in [5.41, 5.74) is 5.24. The average molecular weight is 421 g/mol. The molecule has 26 heavy (non-hydrogen) atoms. The first-order valence-corrected chi connectivity index (χ1v) is 9.45. The summed E-state index contributed by atoms with van der Waals surface area (Å²) in [6.45, 7) is 9.98. The van der Waals surface area contributed by atoms with Gasteiger partial charge in [0.05, 0.1) is 12.0 Å². The van der Waals surface area contributed by atoms with Gasteiger partial charge in [0.1, 0.15) is 0 Å². The Labute approximate surface area is 162 Å². The minimum Gasteiger partial charge on any atom is -0.478 e. The Bertz CT molecular complexity index is 838. The van der Waals surface area contributed by atoms with Crippen LogP contribution in [0.15, 0.2) is 22.7 Å². The van der Waals surface area contributed by atoms with Crippen molar-refractivity contribution in [2.24, 2.45) is 0 Å². The normalized spacial score (nSPS) is 12.7. The number of nitrogens with one attached hydrogen (secondary N) is 2. The summed E-state index contributed by atoms with van der Waals surface area (Å²) in [7, 11) is 0. The highest BCUT2D eigenvalue weighted by atomic mass is 79.9. The zero-order valence-electron chi connectivity index (χ0n) is 15.7. The molecule has 0 spiro atoms. The Morgan fingerprint density at radius 3 is 2.38 bits per heavy atom. The fourth-order valence-electron chi connectivity index (χ4n) is 3.25. The van der Waals surface area contributed by atoms with Crippen LogP contribution in [0.4, 0.5) is 5.69 Å². The molecule has 3 rings (SSSR count). The van der Waals surface area contributed by atoms with Crippen LogP contribution >= 0.6 is 15.9 Å². The van der Waals surface area contributed by atoms with Gasteiger partial charge in [-0.25, -0.2) is 4.79 Å². The maximum Gasteiger partial charge on any atom is 0.337 e. The van der Waals surface area contributed by atoms with Gasteiger partial charge < -0.3 is 15.4 Å². The van der Waals surface area contributed by atoms with E-state index in [1.807, 2.05) is 52.8 Å². The number of anilines is 1. The number of aromatic nitrogens is 1. The number of amides is 1. The van der Waals surface area contributed by atoms with Crippen molar-refractivity contribution in [2.75, 3.05) is 5.32 Å². The second-order valence-electron chi connectivity index (χ2n) is 7.09. The van der Waals surface area contributed by atoms with Crippen LogP contribution in [0, 0.1) is 6.92 Å². The lowest BCUT2D eigenvalue weighted by Gasteiger charge is -2.08. The standard InChI is InChI=1S/C12H19NO2.C8H6BrNO/c1-6(2)9-8(5)13-11(7(3)4)10(9)12(14)15;9-6-1-2-7-5(3-6)4-8(11)10-7/h6-7,13H,1-5H3,(H,14,15);1-3H,4H2,(H,10,11). The second kappa shape index (κ2) is 8.08. The summed E-state index contributed by atoms with van der Waals surface area (Å²) in [6, 6.07) is 5.79. The first-order chi connectivity index (χ1) is 12.1. The third-order valence-electron chi connectivity index (χ3n) is 4.33. The first-order valence-electron chi connectivity index (χ1n) is 8.65. The van der Waals surface area contributed by atoms with Crippen LogP contribution < -0.4 is 5.32 Å². The third kappa shape index (κ3) is 4.36. The molecule has 6 heteroatoms. The molecular formula is C20H25BrN2O3. The van der Waals surface area contributed by atoms with Crippen LogP contribution in [0.3, 0.4) is 0 Å². The lowest BCUT2D eigenvalue weighted by Crippen LogP contribution is -2.05. The minimum absolute atomic E-state index is 0.0816. The van der Waals surface area contributed by atoms with Crippen molar-refractivity contribution in [1.29, 1.82) is 0 Å². The van der Waals surface area contributed by atoms with Gasteiger partial charge in [0.15, 0.2) is 0 Å². The average Bonchev–Trinajstić information content (AvgIpc) is 3.06. The number of hydrogen-bond donors (Lipinski definition) is 3. The molecule has 1 aliphatic rings. The minimum atomic E-state index is -0.827. The van der Waals surface area contributed by atoms with Gasteiger partial charge in [-0.2, -0.15) is 0 Å². The monoisotopic (exact) mass is 420 g/mol. The van der Waals surface area contributed by atoms with E-state index in [0.717, 1.165) is 32.7 Å². The molecule has 140 valence electrons. The van der Waals surface area contributed by atoms with Gasteiger partial charge in [0.25, 0.3) is 0 Å². The Hall–Kier alpha value is -2.08. The van der Waals surface area contributed by atoms with Crippen molar-refractivity contribution in [1.82, 2.24) is 4.98 Å². The maximum absolute atomic E-state index is 11.2. The van der Waals surface area contributed by atoms with Crippen LogP contribution in [0.2, 0.25) is 0 Å². The van der Waals surface area contributed by atoms with Gasteiger partial charge >= 0.3 is 5.97 Å². The fourth-order valence-corrected chi connectivity index (χ4v) is 3.66. The van der Waals surface area contributed by atoms with Crippen molar-refractivity contribution < 1.29 is 14.7 Å². The van der Waals surface area contributed by atoms with Crippen LogP contribution in [0.25, 0.3) is 0 Å².